The molecule has 2 rings (SSSR count). The number of fused-ring (bicyclic) bond motifs is 1. The van der Waals surface area contributed by atoms with Gasteiger partial charge in [-0.3, -0.25) is 14.4 Å². The molecule has 180 valence electrons. The van der Waals surface area contributed by atoms with Crippen LogP contribution in [0.25, 0.3) is 0 Å². The first-order chi connectivity index (χ1) is 14.8. The van der Waals surface area contributed by atoms with E-state index >= 15 is 0 Å². The monoisotopic (exact) mass is 448 g/mol. The molecule has 1 saturated carbocycles. The Kier molecular flexibility index (Phi) is 8.72. The summed E-state index contributed by atoms with van der Waals surface area (Å²) in [4.78, 5) is 34.1. The van der Waals surface area contributed by atoms with E-state index in [1.807, 2.05) is 6.08 Å². The van der Waals surface area contributed by atoms with Crippen LogP contribution in [0.1, 0.15) is 86.5 Å². The molecule has 32 heavy (non-hydrogen) atoms. The summed E-state index contributed by atoms with van der Waals surface area (Å²) in [5.74, 6) is -0.813. The summed E-state index contributed by atoms with van der Waals surface area (Å²) in [6, 6.07) is 0. The van der Waals surface area contributed by atoms with Crippen molar-refractivity contribution in [2.45, 2.75) is 92.6 Å². The summed E-state index contributed by atoms with van der Waals surface area (Å²) in [5.41, 5.74) is 2.61. The molecule has 2 aliphatic rings. The molecule has 6 heteroatoms. The molecule has 0 bridgehead atoms. The number of hydrogen-bond acceptors (Lipinski definition) is 5. The Morgan fingerprint density at radius 3 is 2.44 bits per heavy atom. The molecule has 1 N–H and O–H groups in total. The highest BCUT2D eigenvalue weighted by Crippen LogP contribution is 2.61. The van der Waals surface area contributed by atoms with Crippen LogP contribution < -0.4 is 0 Å². The van der Waals surface area contributed by atoms with Gasteiger partial charge in [-0.25, -0.2) is 0 Å². The SMILES string of the molecule is CC(=O)OCC=C(C)CCC1C(C)=CCC2C(C)(C)CC(OC(=O)CCC(=O)O)CC12C. The molecule has 0 saturated heterocycles. The lowest BCUT2D eigenvalue weighted by Gasteiger charge is -2.58. The molecule has 0 aromatic rings. The van der Waals surface area contributed by atoms with E-state index in [0.717, 1.165) is 32.1 Å². The van der Waals surface area contributed by atoms with Gasteiger partial charge in [0.1, 0.15) is 12.7 Å². The van der Waals surface area contributed by atoms with Crippen LogP contribution in [0.15, 0.2) is 23.3 Å². The van der Waals surface area contributed by atoms with Crippen LogP contribution in [0, 0.1) is 22.7 Å². The van der Waals surface area contributed by atoms with Gasteiger partial charge in [0.05, 0.1) is 12.8 Å². The summed E-state index contributed by atoms with van der Waals surface area (Å²) in [6.07, 6.45) is 8.43. The van der Waals surface area contributed by atoms with Crippen LogP contribution >= 0.6 is 0 Å². The normalized spacial score (nSPS) is 29.5. The van der Waals surface area contributed by atoms with Gasteiger partial charge in [-0.2, -0.15) is 0 Å². The third-order valence-corrected chi connectivity index (χ3v) is 7.57. The van der Waals surface area contributed by atoms with Crippen molar-refractivity contribution < 1.29 is 29.0 Å². The number of carboxylic acid groups (broad SMARTS) is 1. The molecular weight excluding hydrogens is 408 g/mol. The van der Waals surface area contributed by atoms with E-state index in [4.69, 9.17) is 14.6 Å². The van der Waals surface area contributed by atoms with Gasteiger partial charge in [-0.15, -0.1) is 0 Å². The van der Waals surface area contributed by atoms with Crippen molar-refractivity contribution in [2.75, 3.05) is 6.61 Å². The van der Waals surface area contributed by atoms with Gasteiger partial charge in [0.2, 0.25) is 0 Å². The molecule has 0 aromatic carbocycles. The number of carbonyl (C=O) groups is 3. The van der Waals surface area contributed by atoms with Gasteiger partial charge in [0.15, 0.2) is 0 Å². The van der Waals surface area contributed by atoms with E-state index in [1.165, 1.54) is 18.1 Å². The van der Waals surface area contributed by atoms with Crippen molar-refractivity contribution in [1.29, 1.82) is 0 Å². The first-order valence-electron chi connectivity index (χ1n) is 11.7. The largest absolute Gasteiger partial charge is 0.481 e. The molecule has 0 aliphatic heterocycles. The van der Waals surface area contributed by atoms with Crippen LogP contribution in [0.4, 0.5) is 0 Å². The molecular formula is C26H40O6. The molecule has 4 unspecified atom stereocenters. The lowest BCUT2D eigenvalue weighted by atomic mass is 9.47. The average Bonchev–Trinajstić information content (AvgIpc) is 2.64. The van der Waals surface area contributed by atoms with Crippen molar-refractivity contribution in [1.82, 2.24) is 0 Å². The van der Waals surface area contributed by atoms with Crippen molar-refractivity contribution in [2.24, 2.45) is 22.7 Å². The number of rotatable bonds is 9. The molecule has 4 atom stereocenters. The van der Waals surface area contributed by atoms with Crippen LogP contribution in [-0.4, -0.2) is 35.7 Å². The van der Waals surface area contributed by atoms with Crippen LogP contribution in [0.3, 0.4) is 0 Å². The standard InChI is InChI=1S/C26H40O6/c1-17(13-14-31-19(3)27)7-9-21-18(2)8-10-22-25(4,5)15-20(16-26(21,22)6)32-24(30)12-11-23(28)29/h8,13,20-22H,7,9-12,14-16H2,1-6H3,(H,28,29). The number of carboxylic acids is 1. The first-order valence-corrected chi connectivity index (χ1v) is 11.7. The van der Waals surface area contributed by atoms with E-state index in [-0.39, 0.29) is 35.7 Å². The summed E-state index contributed by atoms with van der Waals surface area (Å²) in [7, 11) is 0. The van der Waals surface area contributed by atoms with Crippen LogP contribution in [-0.2, 0) is 23.9 Å². The Labute approximate surface area is 192 Å². The summed E-state index contributed by atoms with van der Waals surface area (Å²) < 4.78 is 10.8. The van der Waals surface area contributed by atoms with E-state index in [1.54, 1.807) is 0 Å². The van der Waals surface area contributed by atoms with E-state index in [9.17, 15) is 14.4 Å². The second kappa shape index (κ2) is 10.7. The quantitative estimate of drug-likeness (QED) is 0.372. The molecule has 1 fully saturated rings. The van der Waals surface area contributed by atoms with Gasteiger partial charge < -0.3 is 14.6 Å². The van der Waals surface area contributed by atoms with Crippen molar-refractivity contribution in [3.05, 3.63) is 23.3 Å². The Morgan fingerprint density at radius 2 is 1.81 bits per heavy atom. The zero-order valence-corrected chi connectivity index (χ0v) is 20.5. The number of esters is 2. The highest BCUT2D eigenvalue weighted by atomic mass is 16.5. The predicted molar refractivity (Wildman–Crippen MR) is 123 cm³/mol. The van der Waals surface area contributed by atoms with E-state index < -0.39 is 11.9 Å². The zero-order chi connectivity index (χ0) is 24.1. The minimum absolute atomic E-state index is 0.00546. The fourth-order valence-electron chi connectivity index (χ4n) is 6.14. The average molecular weight is 449 g/mol. The number of carbonyl (C=O) groups excluding carboxylic acids is 2. The number of hydrogen-bond donors (Lipinski definition) is 1. The molecule has 6 nitrogen and oxygen atoms in total. The summed E-state index contributed by atoms with van der Waals surface area (Å²) >= 11 is 0. The number of allylic oxidation sites excluding steroid dienone is 3. The van der Waals surface area contributed by atoms with Crippen LogP contribution in [0.2, 0.25) is 0 Å². The molecule has 0 heterocycles. The third kappa shape index (κ3) is 6.69. The Bertz CT molecular complexity index is 777. The number of ether oxygens (including phenoxy) is 2. The maximum absolute atomic E-state index is 12.3. The second-order valence-corrected chi connectivity index (χ2v) is 10.6. The number of aliphatic carboxylic acids is 1. The zero-order valence-electron chi connectivity index (χ0n) is 20.5. The van der Waals surface area contributed by atoms with Gasteiger partial charge >= 0.3 is 17.9 Å². The van der Waals surface area contributed by atoms with Gasteiger partial charge in [-0.1, -0.05) is 38.0 Å². The maximum Gasteiger partial charge on any atom is 0.306 e. The Hall–Kier alpha value is -2.11. The topological polar surface area (TPSA) is 89.9 Å². The van der Waals surface area contributed by atoms with Gasteiger partial charge in [0, 0.05) is 6.92 Å². The fraction of sp³-hybridized carbons (Fsp3) is 0.731. The lowest BCUT2D eigenvalue weighted by molar-refractivity contribution is -0.165. The second-order valence-electron chi connectivity index (χ2n) is 10.6. The summed E-state index contributed by atoms with van der Waals surface area (Å²) in [6.45, 7) is 12.9. The van der Waals surface area contributed by atoms with Crippen molar-refractivity contribution in [3.63, 3.8) is 0 Å². The Balaban J connectivity index is 2.14. The molecule has 0 radical (unpaired) electrons. The highest BCUT2D eigenvalue weighted by Gasteiger charge is 2.55. The lowest BCUT2D eigenvalue weighted by Crippen LogP contribution is -2.53. The fourth-order valence-corrected chi connectivity index (χ4v) is 6.14. The highest BCUT2D eigenvalue weighted by molar-refractivity contribution is 5.76. The van der Waals surface area contributed by atoms with Gasteiger partial charge in [0.25, 0.3) is 0 Å². The Morgan fingerprint density at radius 1 is 1.12 bits per heavy atom. The molecule has 0 amide bonds. The van der Waals surface area contributed by atoms with E-state index in [2.05, 4.69) is 40.7 Å². The predicted octanol–water partition coefficient (Wildman–Crippen LogP) is 5.46. The molecule has 0 spiro atoms. The molecule has 0 aromatic heterocycles. The molecule has 2 aliphatic carbocycles. The van der Waals surface area contributed by atoms with Crippen LogP contribution in [0.5, 0.6) is 0 Å². The maximum atomic E-state index is 12.3. The van der Waals surface area contributed by atoms with Crippen molar-refractivity contribution >= 4 is 17.9 Å². The van der Waals surface area contributed by atoms with Crippen molar-refractivity contribution in [3.8, 4) is 0 Å². The minimum Gasteiger partial charge on any atom is -0.481 e. The van der Waals surface area contributed by atoms with E-state index in [0.29, 0.717) is 18.4 Å². The third-order valence-electron chi connectivity index (χ3n) is 7.57. The first kappa shape index (κ1) is 26.1. The summed E-state index contributed by atoms with van der Waals surface area (Å²) in [5, 5.41) is 8.85. The smallest absolute Gasteiger partial charge is 0.306 e. The minimum atomic E-state index is -0.983. The van der Waals surface area contributed by atoms with Gasteiger partial charge in [-0.05, 0) is 74.7 Å².